The number of fused-ring (bicyclic) bond motifs is 1. The number of carbonyl (C=O) groups excluding carboxylic acids is 1. The summed E-state index contributed by atoms with van der Waals surface area (Å²) in [5.41, 5.74) is 18.4. The first-order valence-corrected chi connectivity index (χ1v) is 9.46. The maximum Gasteiger partial charge on any atom is 0.256 e. The molecule has 1 amide bonds. The molecule has 1 aliphatic carbocycles. The largest absolute Gasteiger partial charge is 0.401 e. The maximum absolute atomic E-state index is 11.6. The van der Waals surface area contributed by atoms with E-state index in [1.165, 1.54) is 0 Å². The van der Waals surface area contributed by atoms with Crippen LogP contribution in [0.1, 0.15) is 32.6 Å². The molecular weight excluding hydrogens is 312 g/mol. The Bertz CT molecular complexity index is 490. The molecule has 0 aromatic heterocycles. The van der Waals surface area contributed by atoms with Crippen LogP contribution in [0.2, 0.25) is 0 Å². The Morgan fingerprint density at radius 2 is 2.04 bits per heavy atom. The van der Waals surface area contributed by atoms with Gasteiger partial charge in [0.05, 0.1) is 11.0 Å². The fourth-order valence-corrected chi connectivity index (χ4v) is 5.70. The van der Waals surface area contributed by atoms with Gasteiger partial charge in [-0.15, -0.1) is 11.8 Å². The molecule has 3 aliphatic rings. The van der Waals surface area contributed by atoms with Crippen LogP contribution in [-0.4, -0.2) is 53.9 Å². The Morgan fingerprint density at radius 3 is 2.65 bits per heavy atom. The van der Waals surface area contributed by atoms with Gasteiger partial charge in [0.2, 0.25) is 0 Å². The van der Waals surface area contributed by atoms with Gasteiger partial charge >= 0.3 is 0 Å². The number of nitrogens with two attached hydrogens (primary N) is 3. The molecule has 0 spiro atoms. The first-order valence-electron chi connectivity index (χ1n) is 8.58. The standard InChI is InChI=1S/C16H28N4O2S/c1-2-22-11-7-10(20-5-3-9(17)4-6-20)8-12-13(11)14(18)15(23-12)16(19)21/h9-13H,2-8,17-18H2,1H3,(H2,19,21). The smallest absolute Gasteiger partial charge is 0.256 e. The number of likely N-dealkylation sites (tertiary alicyclic amines) is 1. The zero-order valence-electron chi connectivity index (χ0n) is 13.7. The van der Waals surface area contributed by atoms with Crippen LogP contribution >= 0.6 is 11.8 Å². The van der Waals surface area contributed by atoms with Crippen molar-refractivity contribution >= 4 is 17.7 Å². The lowest BCUT2D eigenvalue weighted by Gasteiger charge is -2.44. The van der Waals surface area contributed by atoms with Gasteiger partial charge in [0, 0.05) is 35.6 Å². The molecule has 0 bridgehead atoms. The Kier molecular flexibility index (Phi) is 5.20. The van der Waals surface area contributed by atoms with Crippen molar-refractivity contribution in [3.63, 3.8) is 0 Å². The molecule has 3 rings (SSSR count). The lowest BCUT2D eigenvalue weighted by Crippen LogP contribution is -2.52. The van der Waals surface area contributed by atoms with Crippen LogP contribution in [0, 0.1) is 5.92 Å². The Balaban J connectivity index is 1.74. The number of piperidine rings is 1. The Labute approximate surface area is 142 Å². The van der Waals surface area contributed by atoms with E-state index < -0.39 is 5.91 Å². The summed E-state index contributed by atoms with van der Waals surface area (Å²) in [6.07, 6.45) is 4.19. The zero-order chi connectivity index (χ0) is 16.6. The van der Waals surface area contributed by atoms with E-state index in [9.17, 15) is 4.79 Å². The second kappa shape index (κ2) is 7.01. The third-order valence-electron chi connectivity index (χ3n) is 5.40. The topological polar surface area (TPSA) is 108 Å². The summed E-state index contributed by atoms with van der Waals surface area (Å²) in [4.78, 5) is 14.7. The van der Waals surface area contributed by atoms with Gasteiger partial charge in [-0.3, -0.25) is 4.79 Å². The van der Waals surface area contributed by atoms with Crippen LogP contribution in [-0.2, 0) is 9.53 Å². The molecular formula is C16H28N4O2S. The van der Waals surface area contributed by atoms with Crippen molar-refractivity contribution < 1.29 is 9.53 Å². The molecule has 7 heteroatoms. The number of carbonyl (C=O) groups is 1. The van der Waals surface area contributed by atoms with Gasteiger partial charge in [-0.05, 0) is 45.7 Å². The van der Waals surface area contributed by atoms with Crippen molar-refractivity contribution in [2.75, 3.05) is 19.7 Å². The van der Waals surface area contributed by atoms with Crippen molar-refractivity contribution in [3.8, 4) is 0 Å². The molecule has 6 nitrogen and oxygen atoms in total. The number of thioether (sulfide) groups is 1. The highest BCUT2D eigenvalue weighted by molar-refractivity contribution is 8.04. The summed E-state index contributed by atoms with van der Waals surface area (Å²) in [7, 11) is 0. The van der Waals surface area contributed by atoms with E-state index in [2.05, 4.69) is 4.90 Å². The van der Waals surface area contributed by atoms with Crippen molar-refractivity contribution in [1.29, 1.82) is 0 Å². The molecule has 6 N–H and O–H groups in total. The third-order valence-corrected chi connectivity index (χ3v) is 6.86. The van der Waals surface area contributed by atoms with Gasteiger partial charge in [-0.2, -0.15) is 0 Å². The van der Waals surface area contributed by atoms with Gasteiger partial charge < -0.3 is 26.8 Å². The molecule has 0 radical (unpaired) electrons. The number of amides is 1. The average Bonchev–Trinajstić information content (AvgIpc) is 2.86. The van der Waals surface area contributed by atoms with Gasteiger partial charge in [0.1, 0.15) is 0 Å². The van der Waals surface area contributed by atoms with Crippen molar-refractivity contribution in [2.24, 2.45) is 23.1 Å². The van der Waals surface area contributed by atoms with Crippen LogP contribution in [0.4, 0.5) is 0 Å². The molecule has 1 saturated carbocycles. The Hall–Kier alpha value is -0.760. The monoisotopic (exact) mass is 340 g/mol. The summed E-state index contributed by atoms with van der Waals surface area (Å²) in [5.74, 6) is -0.289. The third kappa shape index (κ3) is 3.38. The zero-order valence-corrected chi connectivity index (χ0v) is 14.6. The summed E-state index contributed by atoms with van der Waals surface area (Å²) in [6, 6.07) is 0.817. The average molecular weight is 340 g/mol. The quantitative estimate of drug-likeness (QED) is 0.682. The maximum atomic E-state index is 11.6. The Morgan fingerprint density at radius 1 is 1.35 bits per heavy atom. The van der Waals surface area contributed by atoms with E-state index in [1.807, 2.05) is 6.92 Å². The fourth-order valence-electron chi connectivity index (χ4n) is 4.23. The van der Waals surface area contributed by atoms with Gasteiger partial charge in [0.25, 0.3) is 5.91 Å². The van der Waals surface area contributed by atoms with Crippen LogP contribution in [0.25, 0.3) is 0 Å². The van der Waals surface area contributed by atoms with E-state index in [0.717, 1.165) is 38.8 Å². The van der Waals surface area contributed by atoms with E-state index in [0.29, 0.717) is 34.5 Å². The van der Waals surface area contributed by atoms with Crippen molar-refractivity contribution in [1.82, 2.24) is 4.90 Å². The van der Waals surface area contributed by atoms with Gasteiger partial charge in [-0.1, -0.05) is 0 Å². The first-order chi connectivity index (χ1) is 11.0. The number of rotatable bonds is 4. The normalized spacial score (nSPS) is 36.3. The first kappa shape index (κ1) is 17.1. The molecule has 1 saturated heterocycles. The predicted octanol–water partition coefficient (Wildman–Crippen LogP) is 0.364. The number of hydrogen-bond acceptors (Lipinski definition) is 6. The highest BCUT2D eigenvalue weighted by Gasteiger charge is 2.47. The molecule has 2 aliphatic heterocycles. The minimum Gasteiger partial charge on any atom is -0.401 e. The summed E-state index contributed by atoms with van der Waals surface area (Å²) in [6.45, 7) is 4.78. The highest BCUT2D eigenvalue weighted by Crippen LogP contribution is 2.49. The van der Waals surface area contributed by atoms with Crippen LogP contribution in [0.5, 0.6) is 0 Å². The molecule has 4 unspecified atom stereocenters. The lowest BCUT2D eigenvalue weighted by molar-refractivity contribution is -0.113. The number of ether oxygens (including phenoxy) is 1. The number of nitrogens with zero attached hydrogens (tertiary/aromatic N) is 1. The fraction of sp³-hybridized carbons (Fsp3) is 0.812. The van der Waals surface area contributed by atoms with Crippen LogP contribution in [0.3, 0.4) is 0 Å². The second-order valence-electron chi connectivity index (χ2n) is 6.82. The van der Waals surface area contributed by atoms with Gasteiger partial charge in [0.15, 0.2) is 0 Å². The van der Waals surface area contributed by atoms with Crippen molar-refractivity contribution in [3.05, 3.63) is 10.6 Å². The van der Waals surface area contributed by atoms with E-state index in [-0.39, 0.29) is 12.0 Å². The second-order valence-corrected chi connectivity index (χ2v) is 8.07. The molecule has 0 aromatic carbocycles. The molecule has 23 heavy (non-hydrogen) atoms. The molecule has 0 aromatic rings. The van der Waals surface area contributed by atoms with Crippen LogP contribution in [0.15, 0.2) is 10.6 Å². The predicted molar refractivity (Wildman–Crippen MR) is 92.5 cm³/mol. The van der Waals surface area contributed by atoms with Crippen LogP contribution < -0.4 is 17.2 Å². The minimum absolute atomic E-state index is 0.0729. The van der Waals surface area contributed by atoms with Crippen molar-refractivity contribution in [2.45, 2.75) is 56.0 Å². The molecule has 4 atom stereocenters. The van der Waals surface area contributed by atoms with Gasteiger partial charge in [-0.25, -0.2) is 0 Å². The SMILES string of the molecule is CCOC1CC(N2CCC(N)CC2)CC2SC(C(N)=O)=C(N)C12. The van der Waals surface area contributed by atoms with E-state index in [4.69, 9.17) is 21.9 Å². The lowest BCUT2D eigenvalue weighted by atomic mass is 9.80. The summed E-state index contributed by atoms with van der Waals surface area (Å²) >= 11 is 1.56. The molecule has 2 fully saturated rings. The molecule has 130 valence electrons. The number of hydrogen-bond donors (Lipinski definition) is 3. The van der Waals surface area contributed by atoms with E-state index >= 15 is 0 Å². The summed E-state index contributed by atoms with van der Waals surface area (Å²) in [5, 5.41) is 0.295. The minimum atomic E-state index is -0.405. The summed E-state index contributed by atoms with van der Waals surface area (Å²) < 4.78 is 6.01. The highest BCUT2D eigenvalue weighted by atomic mass is 32.2. The number of primary amides is 1. The molecule has 2 heterocycles. The van der Waals surface area contributed by atoms with E-state index in [1.54, 1.807) is 11.8 Å².